The van der Waals surface area contributed by atoms with E-state index in [2.05, 4.69) is 25.6 Å². The van der Waals surface area contributed by atoms with E-state index in [1.165, 1.54) is 0 Å². The molecule has 2 rings (SSSR count). The second kappa shape index (κ2) is 4.09. The van der Waals surface area contributed by atoms with Gasteiger partial charge in [-0.05, 0) is 30.9 Å². The molecule has 0 amide bonds. The number of halogens is 1. The summed E-state index contributed by atoms with van der Waals surface area (Å²) in [5.74, 6) is 0.918. The Balaban J connectivity index is 2.06. The van der Waals surface area contributed by atoms with Gasteiger partial charge in [-0.15, -0.1) is 0 Å². The number of sulfonamides is 1. The van der Waals surface area contributed by atoms with Crippen molar-refractivity contribution in [2.45, 2.75) is 12.8 Å². The predicted octanol–water partition coefficient (Wildman–Crippen LogP) is 2.00. The van der Waals surface area contributed by atoms with Crippen LogP contribution in [0.25, 0.3) is 0 Å². The molecule has 1 aromatic rings. The highest BCUT2D eigenvalue weighted by Gasteiger charge is 2.28. The Morgan fingerprint density at radius 3 is 2.87 bits per heavy atom. The fourth-order valence-corrected chi connectivity index (χ4v) is 3.06. The van der Waals surface area contributed by atoms with Crippen LogP contribution in [0.3, 0.4) is 0 Å². The van der Waals surface area contributed by atoms with E-state index in [4.69, 9.17) is 0 Å². The van der Waals surface area contributed by atoms with Crippen LogP contribution in [-0.2, 0) is 10.0 Å². The van der Waals surface area contributed by atoms with Crippen molar-refractivity contribution in [2.75, 3.05) is 10.5 Å². The largest absolute Gasteiger partial charge is 0.267 e. The maximum atomic E-state index is 11.6. The maximum absolute atomic E-state index is 11.6. The number of pyridine rings is 1. The highest BCUT2D eigenvalue weighted by atomic mass is 79.9. The van der Waals surface area contributed by atoms with Crippen molar-refractivity contribution in [1.29, 1.82) is 0 Å². The monoisotopic (exact) mass is 290 g/mol. The zero-order chi connectivity index (χ0) is 10.9. The third-order valence-corrected chi connectivity index (χ3v) is 4.06. The summed E-state index contributed by atoms with van der Waals surface area (Å²) in [4.78, 5) is 3.93. The van der Waals surface area contributed by atoms with Crippen LogP contribution in [0.4, 0.5) is 5.82 Å². The summed E-state index contributed by atoms with van der Waals surface area (Å²) in [6.45, 7) is 0. The third kappa shape index (κ3) is 3.46. The van der Waals surface area contributed by atoms with Gasteiger partial charge in [0, 0.05) is 10.7 Å². The summed E-state index contributed by atoms with van der Waals surface area (Å²) in [6, 6.07) is 3.39. The molecular formula is C9H11BrN2O2S. The normalized spacial score (nSPS) is 16.3. The van der Waals surface area contributed by atoms with Crippen molar-refractivity contribution in [3.05, 3.63) is 22.8 Å². The van der Waals surface area contributed by atoms with E-state index in [1.807, 2.05) is 0 Å². The lowest BCUT2D eigenvalue weighted by atomic mass is 10.5. The van der Waals surface area contributed by atoms with Gasteiger partial charge in [-0.25, -0.2) is 13.4 Å². The van der Waals surface area contributed by atoms with Crippen LogP contribution in [-0.4, -0.2) is 19.2 Å². The summed E-state index contributed by atoms with van der Waals surface area (Å²) >= 11 is 3.26. The van der Waals surface area contributed by atoms with Gasteiger partial charge in [0.2, 0.25) is 10.0 Å². The molecule has 0 aliphatic heterocycles. The molecule has 1 heterocycles. The number of hydrogen-bond acceptors (Lipinski definition) is 3. The van der Waals surface area contributed by atoms with Crippen molar-refractivity contribution < 1.29 is 8.42 Å². The van der Waals surface area contributed by atoms with Crippen molar-refractivity contribution in [3.8, 4) is 0 Å². The summed E-state index contributed by atoms with van der Waals surface area (Å²) in [6.07, 6.45) is 3.60. The third-order valence-electron chi connectivity index (χ3n) is 2.13. The molecule has 0 saturated heterocycles. The van der Waals surface area contributed by atoms with Crippen LogP contribution in [0.15, 0.2) is 22.8 Å². The molecule has 0 spiro atoms. The van der Waals surface area contributed by atoms with Crippen LogP contribution < -0.4 is 4.72 Å². The molecule has 1 N–H and O–H groups in total. The van der Waals surface area contributed by atoms with E-state index in [1.54, 1.807) is 18.3 Å². The number of nitrogens with zero attached hydrogens (tertiary/aromatic N) is 1. The molecule has 1 aliphatic rings. The van der Waals surface area contributed by atoms with Gasteiger partial charge in [0.1, 0.15) is 5.82 Å². The van der Waals surface area contributed by atoms with Crippen molar-refractivity contribution in [2.24, 2.45) is 5.92 Å². The Bertz CT molecular complexity index is 457. The average molecular weight is 291 g/mol. The molecule has 15 heavy (non-hydrogen) atoms. The van der Waals surface area contributed by atoms with Gasteiger partial charge in [-0.2, -0.15) is 0 Å². The zero-order valence-corrected chi connectivity index (χ0v) is 10.4. The van der Waals surface area contributed by atoms with E-state index < -0.39 is 10.0 Å². The molecular weight excluding hydrogens is 280 g/mol. The summed E-state index contributed by atoms with van der Waals surface area (Å²) < 4.78 is 26.5. The minimum absolute atomic E-state index is 0.210. The number of anilines is 1. The van der Waals surface area contributed by atoms with Crippen LogP contribution in [0.5, 0.6) is 0 Å². The molecule has 0 bridgehead atoms. The van der Waals surface area contributed by atoms with Gasteiger partial charge >= 0.3 is 0 Å². The molecule has 0 aromatic carbocycles. The van der Waals surface area contributed by atoms with Gasteiger partial charge in [-0.3, -0.25) is 4.72 Å². The van der Waals surface area contributed by atoms with Crippen LogP contribution in [0.2, 0.25) is 0 Å². The first-order chi connectivity index (χ1) is 7.05. The summed E-state index contributed by atoms with van der Waals surface area (Å²) in [5.41, 5.74) is 0. The Morgan fingerprint density at radius 2 is 2.27 bits per heavy atom. The molecule has 1 aliphatic carbocycles. The second-order valence-corrected chi connectivity index (χ2v) is 6.37. The first kappa shape index (κ1) is 10.9. The highest BCUT2D eigenvalue weighted by Crippen LogP contribution is 2.30. The Kier molecular flexibility index (Phi) is 2.97. The molecule has 0 unspecified atom stereocenters. The summed E-state index contributed by atoms with van der Waals surface area (Å²) in [5, 5.41) is 0. The van der Waals surface area contributed by atoms with E-state index in [0.29, 0.717) is 11.7 Å². The summed E-state index contributed by atoms with van der Waals surface area (Å²) in [7, 11) is -3.22. The van der Waals surface area contributed by atoms with Crippen molar-refractivity contribution >= 4 is 31.8 Å². The lowest BCUT2D eigenvalue weighted by molar-refractivity contribution is 0.597. The molecule has 4 nitrogen and oxygen atoms in total. The first-order valence-electron chi connectivity index (χ1n) is 4.67. The number of aromatic nitrogens is 1. The van der Waals surface area contributed by atoms with Crippen molar-refractivity contribution in [1.82, 2.24) is 4.98 Å². The van der Waals surface area contributed by atoms with E-state index in [0.717, 1.165) is 17.3 Å². The molecule has 6 heteroatoms. The lowest BCUT2D eigenvalue weighted by Crippen LogP contribution is -2.18. The Morgan fingerprint density at radius 1 is 1.53 bits per heavy atom. The maximum Gasteiger partial charge on any atom is 0.234 e. The number of nitrogens with one attached hydrogen (secondary N) is 1. The standard InChI is InChI=1S/C9H11BrN2O2S/c10-8-3-4-11-9(5-8)12-15(13,14)6-7-1-2-7/h3-5,7H,1-2,6H2,(H,11,12). The minimum Gasteiger partial charge on any atom is -0.267 e. The van der Waals surface area contributed by atoms with Gasteiger partial charge in [0.05, 0.1) is 5.75 Å². The van der Waals surface area contributed by atoms with Crippen LogP contribution in [0, 0.1) is 5.92 Å². The number of hydrogen-bond donors (Lipinski definition) is 1. The molecule has 1 saturated carbocycles. The molecule has 0 atom stereocenters. The van der Waals surface area contributed by atoms with Crippen LogP contribution in [0.1, 0.15) is 12.8 Å². The van der Waals surface area contributed by atoms with E-state index >= 15 is 0 Å². The Labute approximate surface area is 97.3 Å². The second-order valence-electron chi connectivity index (χ2n) is 3.69. The molecule has 0 radical (unpaired) electrons. The SMILES string of the molecule is O=S(=O)(CC1CC1)Nc1cc(Br)ccn1. The van der Waals surface area contributed by atoms with Gasteiger partial charge in [-0.1, -0.05) is 15.9 Å². The average Bonchev–Trinajstić information content (AvgIpc) is 2.86. The fraction of sp³-hybridized carbons (Fsp3) is 0.444. The molecule has 1 fully saturated rings. The topological polar surface area (TPSA) is 59.1 Å². The fourth-order valence-electron chi connectivity index (χ4n) is 1.26. The zero-order valence-electron chi connectivity index (χ0n) is 7.98. The number of rotatable bonds is 4. The van der Waals surface area contributed by atoms with Crippen molar-refractivity contribution in [3.63, 3.8) is 0 Å². The minimum atomic E-state index is -3.22. The Hall–Kier alpha value is -0.620. The van der Waals surface area contributed by atoms with E-state index in [-0.39, 0.29) is 5.75 Å². The van der Waals surface area contributed by atoms with Gasteiger partial charge in [0.15, 0.2) is 0 Å². The predicted molar refractivity (Wildman–Crippen MR) is 62.1 cm³/mol. The molecule has 82 valence electrons. The van der Waals surface area contributed by atoms with Crippen LogP contribution >= 0.6 is 15.9 Å². The lowest BCUT2D eigenvalue weighted by Gasteiger charge is -2.06. The smallest absolute Gasteiger partial charge is 0.234 e. The molecule has 1 aromatic heterocycles. The van der Waals surface area contributed by atoms with Gasteiger partial charge in [0.25, 0.3) is 0 Å². The quantitative estimate of drug-likeness (QED) is 0.923. The first-order valence-corrected chi connectivity index (χ1v) is 7.12. The van der Waals surface area contributed by atoms with E-state index in [9.17, 15) is 8.42 Å². The van der Waals surface area contributed by atoms with Gasteiger partial charge < -0.3 is 0 Å². The highest BCUT2D eigenvalue weighted by molar-refractivity contribution is 9.10.